The molecule has 0 amide bonds. The number of nitrogens with zero attached hydrogens (tertiary/aromatic N) is 2. The van der Waals surface area contributed by atoms with Crippen molar-refractivity contribution >= 4 is 29.7 Å². The lowest BCUT2D eigenvalue weighted by Gasteiger charge is -2.33. The van der Waals surface area contributed by atoms with E-state index in [-0.39, 0.29) is 0 Å². The average molecular weight is 487 g/mol. The first-order chi connectivity index (χ1) is 17.0. The summed E-state index contributed by atoms with van der Waals surface area (Å²) >= 11 is 6.44. The average Bonchev–Trinajstić information content (AvgIpc) is 2.88. The minimum absolute atomic E-state index is 0.468. The maximum absolute atomic E-state index is 11.8. The third-order valence-corrected chi connectivity index (χ3v) is 6.72. The van der Waals surface area contributed by atoms with E-state index in [1.165, 1.54) is 0 Å². The van der Waals surface area contributed by atoms with Crippen molar-refractivity contribution in [3.63, 3.8) is 0 Å². The Hall–Kier alpha value is -3.59. The molecule has 1 heterocycles. The second-order valence-corrected chi connectivity index (χ2v) is 8.99. The standard InChI is InChI=1S/C29H27ClN2O3/c1-35-28-17-22(23(16-26(28)30)19-32-15-6-5-12-27(32)29(33)34)14-13-21-10-7-11-24(25(21)18-31)20-8-3-2-4-9-20/h2-4,7-11,13-14,16-17,27H,5-6,12,15,19H2,1H3,(H,33,34)/b14-13+/t27-/m0/s1. The zero-order valence-corrected chi connectivity index (χ0v) is 20.3. The molecule has 178 valence electrons. The van der Waals surface area contributed by atoms with Crippen LogP contribution in [0, 0.1) is 11.3 Å². The summed E-state index contributed by atoms with van der Waals surface area (Å²) in [7, 11) is 1.57. The fourth-order valence-electron chi connectivity index (χ4n) is 4.61. The van der Waals surface area contributed by atoms with Crippen LogP contribution in [0.2, 0.25) is 5.02 Å². The Morgan fingerprint density at radius 3 is 2.63 bits per heavy atom. The van der Waals surface area contributed by atoms with Crippen LogP contribution < -0.4 is 4.74 Å². The molecule has 0 radical (unpaired) electrons. The Balaban J connectivity index is 1.72. The van der Waals surface area contributed by atoms with Gasteiger partial charge in [0.05, 0.1) is 17.7 Å². The van der Waals surface area contributed by atoms with Gasteiger partial charge in [0.15, 0.2) is 0 Å². The second kappa shape index (κ2) is 11.2. The van der Waals surface area contributed by atoms with E-state index in [0.29, 0.717) is 29.3 Å². The van der Waals surface area contributed by atoms with Crippen LogP contribution >= 0.6 is 11.6 Å². The predicted octanol–water partition coefficient (Wildman–Crippen LogP) is 6.50. The number of halogens is 1. The monoisotopic (exact) mass is 486 g/mol. The van der Waals surface area contributed by atoms with Crippen LogP contribution in [-0.2, 0) is 11.3 Å². The van der Waals surface area contributed by atoms with Gasteiger partial charge in [0, 0.05) is 12.1 Å². The fourth-order valence-corrected chi connectivity index (χ4v) is 4.87. The third-order valence-electron chi connectivity index (χ3n) is 6.42. The molecule has 1 aliphatic rings. The highest BCUT2D eigenvalue weighted by Crippen LogP contribution is 2.32. The Bertz CT molecular complexity index is 1280. The van der Waals surface area contributed by atoms with Crippen molar-refractivity contribution in [1.29, 1.82) is 5.26 Å². The summed E-state index contributed by atoms with van der Waals surface area (Å²) in [6.07, 6.45) is 6.39. The van der Waals surface area contributed by atoms with E-state index in [0.717, 1.165) is 47.2 Å². The van der Waals surface area contributed by atoms with Crippen molar-refractivity contribution in [1.82, 2.24) is 4.90 Å². The van der Waals surface area contributed by atoms with Crippen molar-refractivity contribution in [3.05, 3.63) is 87.9 Å². The molecule has 3 aromatic carbocycles. The Labute approximate surface area is 210 Å². The van der Waals surface area contributed by atoms with Crippen molar-refractivity contribution in [2.45, 2.75) is 31.8 Å². The lowest BCUT2D eigenvalue weighted by Crippen LogP contribution is -2.44. The minimum Gasteiger partial charge on any atom is -0.495 e. The summed E-state index contributed by atoms with van der Waals surface area (Å²) in [6, 6.07) is 21.2. The first kappa shape index (κ1) is 24.5. The molecule has 1 saturated heterocycles. The maximum atomic E-state index is 11.8. The lowest BCUT2D eigenvalue weighted by atomic mass is 9.95. The van der Waals surface area contributed by atoms with Gasteiger partial charge < -0.3 is 9.84 Å². The number of aliphatic carboxylic acids is 1. The van der Waals surface area contributed by atoms with Crippen LogP contribution in [0.15, 0.2) is 60.7 Å². The van der Waals surface area contributed by atoms with Crippen molar-refractivity contribution in [3.8, 4) is 22.9 Å². The molecule has 0 saturated carbocycles. The number of benzene rings is 3. The maximum Gasteiger partial charge on any atom is 0.320 e. The number of hydrogen-bond donors (Lipinski definition) is 1. The molecule has 1 aliphatic heterocycles. The van der Waals surface area contributed by atoms with Crippen molar-refractivity contribution < 1.29 is 14.6 Å². The van der Waals surface area contributed by atoms with Gasteiger partial charge in [-0.3, -0.25) is 9.69 Å². The quantitative estimate of drug-likeness (QED) is 0.386. The van der Waals surface area contributed by atoms with Crippen LogP contribution in [0.25, 0.3) is 23.3 Å². The topological polar surface area (TPSA) is 73.6 Å². The number of carbonyl (C=O) groups is 1. The molecular weight excluding hydrogens is 460 g/mol. The Morgan fingerprint density at radius 2 is 1.91 bits per heavy atom. The molecule has 0 bridgehead atoms. The van der Waals surface area contributed by atoms with Crippen LogP contribution in [0.4, 0.5) is 0 Å². The van der Waals surface area contributed by atoms with Gasteiger partial charge in [0.1, 0.15) is 17.9 Å². The number of carboxylic acids is 1. The van der Waals surface area contributed by atoms with E-state index in [1.54, 1.807) is 7.11 Å². The summed E-state index contributed by atoms with van der Waals surface area (Å²) in [4.78, 5) is 13.8. The van der Waals surface area contributed by atoms with Crippen LogP contribution in [0.1, 0.15) is 41.5 Å². The van der Waals surface area contributed by atoms with Crippen molar-refractivity contribution in [2.75, 3.05) is 13.7 Å². The number of piperidine rings is 1. The van der Waals surface area contributed by atoms with Crippen LogP contribution in [0.5, 0.6) is 5.75 Å². The SMILES string of the molecule is COc1cc(/C=C/c2cccc(-c3ccccc3)c2C#N)c(CN2CCCC[C@H]2C(=O)O)cc1Cl. The summed E-state index contributed by atoms with van der Waals surface area (Å²) in [6.45, 7) is 1.19. The second-order valence-electron chi connectivity index (χ2n) is 8.59. The highest BCUT2D eigenvalue weighted by Gasteiger charge is 2.28. The number of hydrogen-bond acceptors (Lipinski definition) is 4. The van der Waals surface area contributed by atoms with Gasteiger partial charge in [-0.05, 0) is 53.8 Å². The molecule has 35 heavy (non-hydrogen) atoms. The van der Waals surface area contributed by atoms with Gasteiger partial charge in [-0.15, -0.1) is 0 Å². The molecule has 4 rings (SSSR count). The van der Waals surface area contributed by atoms with E-state index in [1.807, 2.05) is 77.7 Å². The molecule has 1 N–H and O–H groups in total. The molecule has 0 aromatic heterocycles. The molecule has 1 fully saturated rings. The first-order valence-corrected chi connectivity index (χ1v) is 12.0. The van der Waals surface area contributed by atoms with E-state index >= 15 is 0 Å². The normalized spacial score (nSPS) is 16.2. The number of rotatable bonds is 7. The number of ether oxygens (including phenoxy) is 1. The van der Waals surface area contributed by atoms with E-state index in [9.17, 15) is 15.2 Å². The molecule has 1 atom stereocenters. The summed E-state index contributed by atoms with van der Waals surface area (Å²) < 4.78 is 5.44. The minimum atomic E-state index is -0.794. The molecule has 5 nitrogen and oxygen atoms in total. The van der Waals surface area contributed by atoms with Gasteiger partial charge in [-0.25, -0.2) is 0 Å². The summed E-state index contributed by atoms with van der Waals surface area (Å²) in [5.74, 6) is -0.250. The molecule has 3 aromatic rings. The summed E-state index contributed by atoms with van der Waals surface area (Å²) in [5, 5.41) is 20.1. The van der Waals surface area contributed by atoms with Crippen molar-refractivity contribution in [2.24, 2.45) is 0 Å². The highest BCUT2D eigenvalue weighted by molar-refractivity contribution is 6.32. The zero-order valence-electron chi connectivity index (χ0n) is 19.6. The van der Waals surface area contributed by atoms with Crippen LogP contribution in [-0.4, -0.2) is 35.7 Å². The van der Waals surface area contributed by atoms with Gasteiger partial charge in [-0.1, -0.05) is 78.7 Å². The number of likely N-dealkylation sites (tertiary alicyclic amines) is 1. The molecule has 6 heteroatoms. The fraction of sp³-hybridized carbons (Fsp3) is 0.241. The molecule has 0 aliphatic carbocycles. The van der Waals surface area contributed by atoms with Gasteiger partial charge in [0.2, 0.25) is 0 Å². The third kappa shape index (κ3) is 5.57. The lowest BCUT2D eigenvalue weighted by molar-refractivity contribution is -0.144. The zero-order chi connectivity index (χ0) is 24.8. The highest BCUT2D eigenvalue weighted by atomic mass is 35.5. The smallest absolute Gasteiger partial charge is 0.320 e. The molecule has 0 spiro atoms. The number of methoxy groups -OCH3 is 1. The van der Waals surface area contributed by atoms with Gasteiger partial charge >= 0.3 is 5.97 Å². The van der Waals surface area contributed by atoms with E-state index in [2.05, 4.69) is 6.07 Å². The Morgan fingerprint density at radius 1 is 1.14 bits per heavy atom. The Kier molecular flexibility index (Phi) is 7.87. The predicted molar refractivity (Wildman–Crippen MR) is 139 cm³/mol. The molecule has 0 unspecified atom stereocenters. The summed E-state index contributed by atoms with van der Waals surface area (Å²) in [5.41, 5.74) is 5.04. The van der Waals surface area contributed by atoms with Gasteiger partial charge in [-0.2, -0.15) is 5.26 Å². The van der Waals surface area contributed by atoms with E-state index < -0.39 is 12.0 Å². The van der Waals surface area contributed by atoms with Gasteiger partial charge in [0.25, 0.3) is 0 Å². The van der Waals surface area contributed by atoms with Crippen LogP contribution in [0.3, 0.4) is 0 Å². The van der Waals surface area contributed by atoms with E-state index in [4.69, 9.17) is 16.3 Å². The number of nitriles is 1. The molecular formula is C29H27ClN2O3. The largest absolute Gasteiger partial charge is 0.495 e. The first-order valence-electron chi connectivity index (χ1n) is 11.6. The number of carboxylic acid groups (broad SMARTS) is 1.